The molecule has 1 saturated carbocycles. The first-order valence-corrected chi connectivity index (χ1v) is 9.11. The van der Waals surface area contributed by atoms with E-state index in [9.17, 15) is 27.6 Å². The molecule has 1 aromatic rings. The maximum atomic E-state index is 14.0. The number of carbonyl (C=O) groups excluding carboxylic acids is 1. The second kappa shape index (κ2) is 7.40. The summed E-state index contributed by atoms with van der Waals surface area (Å²) in [5.74, 6) is -1.08. The zero-order valence-electron chi connectivity index (χ0n) is 14.9. The minimum atomic E-state index is -4.83. The molecule has 0 saturated heterocycles. The smallest absolute Gasteiger partial charge is 0.320 e. The minimum absolute atomic E-state index is 0.115. The molecule has 0 unspecified atom stereocenters. The molecule has 148 valence electrons. The van der Waals surface area contributed by atoms with Gasteiger partial charge >= 0.3 is 6.18 Å². The molecule has 0 aromatic heterocycles. The molecule has 0 bridgehead atoms. The Morgan fingerprint density at radius 2 is 1.81 bits per heavy atom. The van der Waals surface area contributed by atoms with Crippen molar-refractivity contribution in [3.05, 3.63) is 34.3 Å². The number of halogens is 5. The van der Waals surface area contributed by atoms with Crippen LogP contribution < -0.4 is 5.73 Å². The van der Waals surface area contributed by atoms with E-state index in [4.69, 9.17) is 5.73 Å². The van der Waals surface area contributed by atoms with Crippen LogP contribution in [0.15, 0.2) is 28.7 Å². The summed E-state index contributed by atoms with van der Waals surface area (Å²) in [6.45, 7) is 2.38. The lowest BCUT2D eigenvalue weighted by Crippen LogP contribution is -2.55. The summed E-state index contributed by atoms with van der Waals surface area (Å²) in [5.41, 5.74) is 2.14. The topological polar surface area (TPSA) is 70.1 Å². The number of rotatable bonds is 6. The van der Waals surface area contributed by atoms with Gasteiger partial charge in [-0.25, -0.2) is 4.39 Å². The van der Waals surface area contributed by atoms with Gasteiger partial charge in [-0.3, -0.25) is 4.79 Å². The zero-order chi connectivity index (χ0) is 20.6. The molecule has 1 aliphatic carbocycles. The predicted molar refractivity (Wildman–Crippen MR) is 95.1 cm³/mol. The van der Waals surface area contributed by atoms with Crippen LogP contribution in [0.2, 0.25) is 0 Å². The van der Waals surface area contributed by atoms with Gasteiger partial charge in [0.25, 0.3) is 0 Å². The highest BCUT2D eigenvalue weighted by Gasteiger charge is 2.60. The molecule has 9 heteroatoms. The number of carbonyl (C=O) groups is 1. The van der Waals surface area contributed by atoms with E-state index in [1.165, 1.54) is 38.1 Å². The molecule has 1 amide bonds. The van der Waals surface area contributed by atoms with E-state index in [1.807, 2.05) is 6.07 Å². The average molecular weight is 450 g/mol. The van der Waals surface area contributed by atoms with Crippen molar-refractivity contribution >= 4 is 21.8 Å². The lowest BCUT2D eigenvalue weighted by molar-refractivity contribution is -0.198. The Bertz CT molecular complexity index is 733. The lowest BCUT2D eigenvalue weighted by Gasteiger charge is -2.38. The summed E-state index contributed by atoms with van der Waals surface area (Å²) in [6, 6.07) is 3.32. The molecule has 2 N–H and O–H groups in total. The molecule has 0 heterocycles. The van der Waals surface area contributed by atoms with Crippen molar-refractivity contribution in [1.29, 1.82) is 5.26 Å². The first kappa shape index (κ1) is 21.6. The van der Waals surface area contributed by atoms with Gasteiger partial charge in [-0.2, -0.15) is 18.4 Å². The standard InChI is InChI=1S/C18H20BrF4N3O/c1-16(2,20)9-13(25)15(27)26(17(10-24)7-8-17)14(18(21,22)23)11-3-5-12(19)6-4-11/h3-6,13-14H,7-9,25H2,1-2H3/t13-,14-/m0/s1. The van der Waals surface area contributed by atoms with E-state index in [0.29, 0.717) is 9.37 Å². The quantitative estimate of drug-likeness (QED) is 0.654. The molecule has 27 heavy (non-hydrogen) atoms. The maximum Gasteiger partial charge on any atom is 0.413 e. The molecule has 1 fully saturated rings. The normalized spacial score (nSPS) is 18.3. The number of nitrogens with zero attached hydrogens (tertiary/aromatic N) is 2. The van der Waals surface area contributed by atoms with Gasteiger partial charge in [0.1, 0.15) is 11.2 Å². The molecule has 1 aliphatic rings. The molecule has 0 spiro atoms. The summed E-state index contributed by atoms with van der Waals surface area (Å²) in [4.78, 5) is 13.4. The van der Waals surface area contributed by atoms with Crippen molar-refractivity contribution in [1.82, 2.24) is 4.90 Å². The Labute approximate surface area is 163 Å². The second-order valence-electron chi connectivity index (χ2n) is 7.38. The Morgan fingerprint density at radius 3 is 2.19 bits per heavy atom. The summed E-state index contributed by atoms with van der Waals surface area (Å²) < 4.78 is 56.4. The van der Waals surface area contributed by atoms with Crippen LogP contribution in [0.25, 0.3) is 0 Å². The van der Waals surface area contributed by atoms with Crippen molar-refractivity contribution < 1.29 is 22.4 Å². The fraction of sp³-hybridized carbons (Fsp3) is 0.556. The third kappa shape index (κ3) is 4.99. The highest BCUT2D eigenvalue weighted by Crippen LogP contribution is 2.50. The fourth-order valence-electron chi connectivity index (χ4n) is 3.03. The van der Waals surface area contributed by atoms with Crippen LogP contribution >= 0.6 is 15.9 Å². The second-order valence-corrected chi connectivity index (χ2v) is 8.29. The van der Waals surface area contributed by atoms with Crippen LogP contribution in [0, 0.1) is 11.3 Å². The van der Waals surface area contributed by atoms with E-state index < -0.39 is 41.8 Å². The van der Waals surface area contributed by atoms with Crippen molar-refractivity contribution in [2.75, 3.05) is 0 Å². The molecule has 1 aromatic carbocycles. The van der Waals surface area contributed by atoms with Crippen molar-refractivity contribution in [3.63, 3.8) is 0 Å². The molecule has 2 atom stereocenters. The van der Waals surface area contributed by atoms with E-state index in [2.05, 4.69) is 15.9 Å². The SMILES string of the molecule is CC(C)(F)C[C@H](N)C(=O)N([C@@H](c1ccc(Br)cc1)C(F)(F)F)C1(C#N)CC1. The van der Waals surface area contributed by atoms with Crippen LogP contribution in [0.1, 0.15) is 44.7 Å². The highest BCUT2D eigenvalue weighted by atomic mass is 79.9. The van der Waals surface area contributed by atoms with Gasteiger partial charge in [-0.05, 0) is 44.4 Å². The Kier molecular flexibility index (Phi) is 5.93. The van der Waals surface area contributed by atoms with Gasteiger partial charge in [-0.15, -0.1) is 0 Å². The number of hydrogen-bond donors (Lipinski definition) is 1. The van der Waals surface area contributed by atoms with Gasteiger partial charge in [0.05, 0.1) is 12.1 Å². The first-order chi connectivity index (χ1) is 12.3. The summed E-state index contributed by atoms with van der Waals surface area (Å²) >= 11 is 3.16. The van der Waals surface area contributed by atoms with Gasteiger partial charge < -0.3 is 10.6 Å². The Hall–Kier alpha value is -1.66. The summed E-state index contributed by atoms with van der Waals surface area (Å²) in [5, 5.41) is 9.46. The number of amides is 1. The summed E-state index contributed by atoms with van der Waals surface area (Å²) in [7, 11) is 0. The van der Waals surface area contributed by atoms with Crippen molar-refractivity contribution in [2.45, 2.75) is 62.6 Å². The molecule has 0 radical (unpaired) electrons. The van der Waals surface area contributed by atoms with Crippen LogP contribution in [0.3, 0.4) is 0 Å². The van der Waals surface area contributed by atoms with Gasteiger partial charge in [-0.1, -0.05) is 28.1 Å². The summed E-state index contributed by atoms with van der Waals surface area (Å²) in [6.07, 6.45) is -5.05. The molecular weight excluding hydrogens is 430 g/mol. The maximum absolute atomic E-state index is 14.0. The zero-order valence-corrected chi connectivity index (χ0v) is 16.4. The average Bonchev–Trinajstić information content (AvgIpc) is 3.31. The molecular formula is C18H20BrF4N3O. The van der Waals surface area contributed by atoms with Gasteiger partial charge in [0, 0.05) is 10.9 Å². The predicted octanol–water partition coefficient (Wildman–Crippen LogP) is 4.40. The van der Waals surface area contributed by atoms with Crippen LogP contribution in [0.5, 0.6) is 0 Å². The monoisotopic (exact) mass is 449 g/mol. The Morgan fingerprint density at radius 1 is 1.30 bits per heavy atom. The third-order valence-corrected chi connectivity index (χ3v) is 4.94. The Balaban J connectivity index is 2.52. The first-order valence-electron chi connectivity index (χ1n) is 8.32. The van der Waals surface area contributed by atoms with E-state index in [0.717, 1.165) is 0 Å². The fourth-order valence-corrected chi connectivity index (χ4v) is 3.29. The lowest BCUT2D eigenvalue weighted by atomic mass is 9.96. The number of nitriles is 1. The minimum Gasteiger partial charge on any atom is -0.320 e. The molecule has 2 rings (SSSR count). The van der Waals surface area contributed by atoms with Gasteiger partial charge in [0.2, 0.25) is 5.91 Å². The van der Waals surface area contributed by atoms with Crippen LogP contribution in [-0.4, -0.2) is 34.2 Å². The number of nitrogens with two attached hydrogens (primary N) is 1. The number of benzene rings is 1. The van der Waals surface area contributed by atoms with Crippen molar-refractivity contribution in [2.24, 2.45) is 5.73 Å². The van der Waals surface area contributed by atoms with E-state index in [-0.39, 0.29) is 18.4 Å². The van der Waals surface area contributed by atoms with Crippen LogP contribution in [0.4, 0.5) is 17.6 Å². The third-order valence-electron chi connectivity index (χ3n) is 4.41. The van der Waals surface area contributed by atoms with Crippen LogP contribution in [-0.2, 0) is 4.79 Å². The van der Waals surface area contributed by atoms with Gasteiger partial charge in [0.15, 0.2) is 6.04 Å². The molecule has 0 aliphatic heterocycles. The highest BCUT2D eigenvalue weighted by molar-refractivity contribution is 9.10. The largest absolute Gasteiger partial charge is 0.413 e. The molecule has 4 nitrogen and oxygen atoms in total. The van der Waals surface area contributed by atoms with Crippen molar-refractivity contribution in [3.8, 4) is 6.07 Å². The van der Waals surface area contributed by atoms with E-state index in [1.54, 1.807) is 0 Å². The van der Waals surface area contributed by atoms with E-state index >= 15 is 0 Å². The number of alkyl halides is 4. The number of hydrogen-bond acceptors (Lipinski definition) is 3.